The molecule has 2 unspecified atom stereocenters. The average Bonchev–Trinajstić information content (AvgIpc) is 1.68. The molecule has 2 aliphatic rings. The van der Waals surface area contributed by atoms with Crippen LogP contribution in [0.4, 0.5) is 14.3 Å². The zero-order chi connectivity index (χ0) is 88.0. The van der Waals surface area contributed by atoms with E-state index in [2.05, 4.69) is 30.1 Å². The van der Waals surface area contributed by atoms with Crippen molar-refractivity contribution in [1.29, 1.82) is 0 Å². The summed E-state index contributed by atoms with van der Waals surface area (Å²) in [4.78, 5) is 135. The maximum absolute atomic E-state index is 12.8. The molecule has 2 atom stereocenters. The highest BCUT2D eigenvalue weighted by molar-refractivity contribution is 14.0. The van der Waals surface area contributed by atoms with Gasteiger partial charge in [0.25, 0.3) is 23.0 Å². The van der Waals surface area contributed by atoms with E-state index in [0.717, 1.165) is 35.4 Å². The molecule has 666 valence electrons. The van der Waals surface area contributed by atoms with Crippen LogP contribution in [-0.4, -0.2) is 143 Å². The maximum atomic E-state index is 12.8. The number of ether oxygens (including phenoxy) is 12. The third kappa shape index (κ3) is 31.4. The second-order valence-electron chi connectivity index (χ2n) is 28.4. The quantitative estimate of drug-likeness (QED) is 0.0128. The molecule has 2 fully saturated rings. The van der Waals surface area contributed by atoms with E-state index in [1.165, 1.54) is 69.6 Å². The zero-order valence-corrected chi connectivity index (χ0v) is 74.7. The lowest BCUT2D eigenvalue weighted by Crippen LogP contribution is -2.50. The van der Waals surface area contributed by atoms with Gasteiger partial charge in [0, 0.05) is 46.3 Å². The number of halogens is 3. The lowest BCUT2D eigenvalue weighted by atomic mass is 10.2. The van der Waals surface area contributed by atoms with Crippen LogP contribution in [-0.2, 0) is 101 Å². The summed E-state index contributed by atoms with van der Waals surface area (Å²) < 4.78 is 106. The number of esters is 4. The van der Waals surface area contributed by atoms with Crippen LogP contribution in [0.1, 0.15) is 173 Å². The molecule has 122 heavy (non-hydrogen) atoms. The minimum absolute atomic E-state index is 0. The van der Waals surface area contributed by atoms with Crippen molar-refractivity contribution in [3.63, 3.8) is 0 Å². The number of aryl methyl sites for hydroxylation is 1. The lowest BCUT2D eigenvalue weighted by Gasteiger charge is -2.34. The number of hydrogen-bond donors (Lipinski definition) is 0. The monoisotopic (exact) mass is 1900 g/mol. The van der Waals surface area contributed by atoms with Crippen LogP contribution in [0.3, 0.4) is 0 Å². The van der Waals surface area contributed by atoms with Crippen LogP contribution in [0.5, 0.6) is 23.0 Å². The SMILES string of the molecule is C.CC(C)(C)OC(=O)N1C(C=O)COC1(C)C.CCc1cc(=O)c(OCc2ccccc2)c(C(=O)OC)o1.COC(=O)c1oc(/C=C/C2COC(C)(C)N2C(=O)OC(C)(C)C)cc(=O)c1OCc1ccccc1.COC(=O)c1oc(CBr)cc(=O)c1OCc1ccccc1.COC(=O)c1oc(CP(=O)(OC)OC)cc(=O)c1OCc1ccccc1.F.I.[HH]. The molecule has 2 saturated heterocycles. The fourth-order valence-electron chi connectivity index (χ4n) is 10.7. The van der Waals surface area contributed by atoms with Crippen LogP contribution in [0.15, 0.2) is 189 Å². The maximum Gasteiger partial charge on any atom is 0.413 e. The summed E-state index contributed by atoms with van der Waals surface area (Å²) in [6.07, 6.45) is 2.99. The lowest BCUT2D eigenvalue weighted by molar-refractivity contribution is -0.113. The van der Waals surface area contributed by atoms with E-state index in [9.17, 15) is 57.3 Å². The zero-order valence-electron chi connectivity index (χ0n) is 69.9. The molecule has 0 bridgehead atoms. The van der Waals surface area contributed by atoms with Gasteiger partial charge in [0.05, 0.1) is 53.0 Å². The van der Waals surface area contributed by atoms with E-state index >= 15 is 0 Å². The molecule has 36 heteroatoms. The molecule has 4 aromatic heterocycles. The molecule has 0 saturated carbocycles. The summed E-state index contributed by atoms with van der Waals surface area (Å²) in [6, 6.07) is 40.8. The number of methoxy groups -OCH3 is 4. The second-order valence-corrected chi connectivity index (χ2v) is 31.2. The van der Waals surface area contributed by atoms with Crippen molar-refractivity contribution >= 4 is 95.9 Å². The van der Waals surface area contributed by atoms with Gasteiger partial charge in [0.15, 0.2) is 0 Å². The molecule has 8 aromatic rings. The summed E-state index contributed by atoms with van der Waals surface area (Å²) in [7, 11) is 3.70. The minimum Gasteiger partial charge on any atom is -0.481 e. The summed E-state index contributed by atoms with van der Waals surface area (Å²) in [5, 5.41) is 0.311. The van der Waals surface area contributed by atoms with Crippen molar-refractivity contribution < 1.29 is 128 Å². The third-order valence-corrected chi connectivity index (χ3v) is 18.8. The summed E-state index contributed by atoms with van der Waals surface area (Å²) >= 11 is 3.17. The molecule has 6 heterocycles. The van der Waals surface area contributed by atoms with Crippen molar-refractivity contribution in [3.05, 3.63) is 261 Å². The van der Waals surface area contributed by atoms with Gasteiger partial charge in [-0.25, -0.2) is 28.8 Å². The number of rotatable bonds is 25. The number of hydrogen-bond acceptors (Lipinski definition) is 30. The first kappa shape index (κ1) is 105. The van der Waals surface area contributed by atoms with E-state index in [-0.39, 0.29) is 135 Å². The van der Waals surface area contributed by atoms with E-state index in [4.69, 9.17) is 69.3 Å². The predicted octanol–water partition coefficient (Wildman–Crippen LogP) is 16.1. The van der Waals surface area contributed by atoms with E-state index in [1.807, 2.05) is 116 Å². The van der Waals surface area contributed by atoms with Gasteiger partial charge in [-0.05, 0) is 97.6 Å². The van der Waals surface area contributed by atoms with Crippen molar-refractivity contribution in [2.24, 2.45) is 0 Å². The highest BCUT2D eigenvalue weighted by Gasteiger charge is 2.47. The van der Waals surface area contributed by atoms with E-state index in [1.54, 1.807) is 87.4 Å². The van der Waals surface area contributed by atoms with Crippen molar-refractivity contribution in [2.75, 3.05) is 55.9 Å². The normalized spacial score (nSPS) is 14.1. The fraction of sp³-hybridized carbons (Fsp3) is 0.384. The van der Waals surface area contributed by atoms with Gasteiger partial charge in [-0.3, -0.25) is 38.2 Å². The van der Waals surface area contributed by atoms with Gasteiger partial charge in [-0.1, -0.05) is 158 Å². The number of carbonyl (C=O) groups excluding carboxylic acids is 7. The molecule has 0 N–H and O–H groups in total. The molecule has 0 spiro atoms. The summed E-state index contributed by atoms with van der Waals surface area (Å²) in [5.74, 6) is -4.40. The molecule has 10 rings (SSSR count). The van der Waals surface area contributed by atoms with Crippen molar-refractivity contribution in [3.8, 4) is 23.0 Å². The molecule has 2 amide bonds. The minimum atomic E-state index is -3.49. The Morgan fingerprint density at radius 1 is 0.484 bits per heavy atom. The molecule has 0 aliphatic carbocycles. The molecule has 2 aliphatic heterocycles. The van der Waals surface area contributed by atoms with Crippen LogP contribution < -0.4 is 40.7 Å². The van der Waals surface area contributed by atoms with Crippen LogP contribution in [0.25, 0.3) is 6.08 Å². The summed E-state index contributed by atoms with van der Waals surface area (Å²) in [5.41, 5.74) is -1.55. The molecular weight excluding hydrogens is 1800 g/mol. The Morgan fingerprint density at radius 3 is 1.09 bits per heavy atom. The number of amides is 2. The number of aldehydes is 1. The van der Waals surface area contributed by atoms with Gasteiger partial charge in [-0.15, -0.1) is 24.0 Å². The fourth-order valence-corrected chi connectivity index (χ4v) is 11.9. The second kappa shape index (κ2) is 49.1. The third-order valence-electron chi connectivity index (χ3n) is 16.4. The van der Waals surface area contributed by atoms with E-state index < -0.39 is 106 Å². The van der Waals surface area contributed by atoms with Crippen LogP contribution in [0, 0.1) is 0 Å². The number of benzene rings is 4. The highest BCUT2D eigenvalue weighted by atomic mass is 127. The first-order chi connectivity index (χ1) is 56.3. The Bertz CT molecular complexity index is 4960. The van der Waals surface area contributed by atoms with Gasteiger partial charge in [0.2, 0.25) is 44.7 Å². The Hall–Kier alpha value is -11.1. The number of carbonyl (C=O) groups is 7. The van der Waals surface area contributed by atoms with Gasteiger partial charge < -0.3 is 88.4 Å². The Labute approximate surface area is 731 Å². The standard InChI is InChI=1S/C26H31NO8.C17H19O8P.C16H16O5.C15H13BrO5.C11H19NO4.CH4.FH.HI.H2/c1-25(2,3)35-24(30)27-18(16-33-26(27,4)5)12-13-19-14-20(28)21(22(34-19)23(29)31-6)32-15-17-10-8-7-9-11-17;1-21-17(19)16-15(24-10-12-7-5-4-6-8-12)14(18)9-13(25-16)11-26(20,22-2)23-3;1-3-12-9-13(17)14(15(21-12)16(18)19-2)20-10-11-7-5-4-6-8-11;1-19-15(18)14-13(12(17)7-11(8-16)21-14)20-9-10-5-3-2-4-6-10;1-10(2,3)16-9(14)12-8(6-13)7-15-11(12,4)5;;;;/h7-14,18H,15-16H2,1-6H3;4-9H,10-11H2,1-3H3;4-9H,3,10H2,1-2H3;2-7H,8-9H2,1H3;6,8H,7H2,1-5H3;1H4;3*1H/b13-12+;;;;;;;;. The number of alkyl halides is 1. The van der Waals surface area contributed by atoms with Crippen LogP contribution >= 0.6 is 47.5 Å². The largest absolute Gasteiger partial charge is 0.481 e. The topological polar surface area (TPSA) is 393 Å². The highest BCUT2D eigenvalue weighted by Crippen LogP contribution is 2.50. The first-order valence-electron chi connectivity index (χ1n) is 36.7. The Morgan fingerprint density at radius 2 is 0.779 bits per heavy atom. The molecular formula is C86H106BrFIN2O30P. The smallest absolute Gasteiger partial charge is 0.413 e. The average molecular weight is 1900 g/mol. The van der Waals surface area contributed by atoms with Gasteiger partial charge >= 0.3 is 43.7 Å². The molecule has 4 aromatic carbocycles. The van der Waals surface area contributed by atoms with Gasteiger partial charge in [0.1, 0.15) is 90.6 Å². The predicted molar refractivity (Wildman–Crippen MR) is 461 cm³/mol. The van der Waals surface area contributed by atoms with Crippen LogP contribution in [0.2, 0.25) is 0 Å². The first-order valence-corrected chi connectivity index (χ1v) is 39.6. The molecule has 32 nitrogen and oxygen atoms in total. The summed E-state index contributed by atoms with van der Waals surface area (Å²) in [6.45, 7) is 20.4. The van der Waals surface area contributed by atoms with E-state index in [0.29, 0.717) is 29.6 Å². The number of nitrogens with zero attached hydrogens (tertiary/aromatic N) is 2. The Kier molecular flexibility index (Phi) is 42.3. The molecule has 0 radical (unpaired) electrons. The van der Waals surface area contributed by atoms with Gasteiger partial charge in [-0.2, -0.15) is 0 Å². The van der Waals surface area contributed by atoms with Crippen molar-refractivity contribution in [2.45, 2.75) is 163 Å². The Balaban J connectivity index is 0.000000529. The van der Waals surface area contributed by atoms with Crippen molar-refractivity contribution in [1.82, 2.24) is 9.80 Å².